The number of alkyl halides is 1. The van der Waals surface area contributed by atoms with E-state index < -0.39 is 18.7 Å². The highest BCUT2D eigenvalue weighted by Gasteiger charge is 2.16. The number of amides is 1. The summed E-state index contributed by atoms with van der Waals surface area (Å²) in [6.07, 6.45) is 0.833. The number of carboxylic acid groups (broad SMARTS) is 1. The molecule has 0 saturated heterocycles. The standard InChI is InChI=1S/C16H23FN2O4/c1-2-19(10-3-4-14(18)16(21)22)15(20)12-5-7-13(8-6-12)23-11-9-17/h5-8,14H,2-4,9-11,18H2,1H3,(H,21,22)/t14-/m0/s1. The molecule has 1 aromatic rings. The van der Waals surface area contributed by atoms with Gasteiger partial charge in [-0.3, -0.25) is 9.59 Å². The molecule has 0 unspecified atom stereocenters. The monoisotopic (exact) mass is 326 g/mol. The number of benzene rings is 1. The summed E-state index contributed by atoms with van der Waals surface area (Å²) in [6, 6.07) is 5.59. The summed E-state index contributed by atoms with van der Waals surface area (Å²) in [5.41, 5.74) is 5.95. The maximum Gasteiger partial charge on any atom is 0.320 e. The number of ether oxygens (including phenoxy) is 1. The molecular weight excluding hydrogens is 303 g/mol. The van der Waals surface area contributed by atoms with Gasteiger partial charge in [-0.15, -0.1) is 0 Å². The van der Waals surface area contributed by atoms with Crippen molar-refractivity contribution in [3.63, 3.8) is 0 Å². The van der Waals surface area contributed by atoms with Gasteiger partial charge in [0.25, 0.3) is 5.91 Å². The van der Waals surface area contributed by atoms with Crippen molar-refractivity contribution in [2.45, 2.75) is 25.8 Å². The van der Waals surface area contributed by atoms with Gasteiger partial charge in [0, 0.05) is 18.7 Å². The Morgan fingerprint density at radius 3 is 2.52 bits per heavy atom. The number of nitrogens with zero attached hydrogens (tertiary/aromatic N) is 1. The second-order valence-corrected chi connectivity index (χ2v) is 5.03. The first-order valence-electron chi connectivity index (χ1n) is 7.56. The summed E-state index contributed by atoms with van der Waals surface area (Å²) >= 11 is 0. The quantitative estimate of drug-likeness (QED) is 0.682. The molecule has 0 aliphatic rings. The van der Waals surface area contributed by atoms with Gasteiger partial charge in [-0.25, -0.2) is 4.39 Å². The van der Waals surface area contributed by atoms with E-state index in [2.05, 4.69) is 0 Å². The zero-order chi connectivity index (χ0) is 17.2. The van der Waals surface area contributed by atoms with Crippen LogP contribution in [0.1, 0.15) is 30.1 Å². The molecule has 0 saturated carbocycles. The van der Waals surface area contributed by atoms with Crippen LogP contribution >= 0.6 is 0 Å². The first-order valence-corrected chi connectivity index (χ1v) is 7.56. The van der Waals surface area contributed by atoms with Gasteiger partial charge in [0.05, 0.1) is 0 Å². The molecule has 6 nitrogen and oxygen atoms in total. The zero-order valence-corrected chi connectivity index (χ0v) is 13.2. The summed E-state index contributed by atoms with van der Waals surface area (Å²) in [4.78, 5) is 24.7. The number of hydrogen-bond acceptors (Lipinski definition) is 4. The van der Waals surface area contributed by atoms with E-state index in [0.29, 0.717) is 37.2 Å². The zero-order valence-electron chi connectivity index (χ0n) is 13.2. The molecule has 0 aliphatic heterocycles. The van der Waals surface area contributed by atoms with E-state index in [4.69, 9.17) is 15.6 Å². The SMILES string of the molecule is CCN(CCC[C@H](N)C(=O)O)C(=O)c1ccc(OCCF)cc1. The second kappa shape index (κ2) is 9.78. The lowest BCUT2D eigenvalue weighted by atomic mass is 10.1. The predicted octanol–water partition coefficient (Wildman–Crippen LogP) is 1.69. The highest BCUT2D eigenvalue weighted by Crippen LogP contribution is 2.14. The lowest BCUT2D eigenvalue weighted by Gasteiger charge is -2.21. The smallest absolute Gasteiger partial charge is 0.320 e. The third-order valence-electron chi connectivity index (χ3n) is 3.38. The van der Waals surface area contributed by atoms with Gasteiger partial charge < -0.3 is 20.5 Å². The van der Waals surface area contributed by atoms with Gasteiger partial charge in [-0.1, -0.05) is 0 Å². The van der Waals surface area contributed by atoms with Crippen molar-refractivity contribution in [3.05, 3.63) is 29.8 Å². The van der Waals surface area contributed by atoms with E-state index in [0.717, 1.165) is 0 Å². The lowest BCUT2D eigenvalue weighted by molar-refractivity contribution is -0.138. The summed E-state index contributed by atoms with van der Waals surface area (Å²) in [5.74, 6) is -0.675. The highest BCUT2D eigenvalue weighted by atomic mass is 19.1. The van der Waals surface area contributed by atoms with Crippen LogP contribution in [0.15, 0.2) is 24.3 Å². The van der Waals surface area contributed by atoms with Crippen molar-refractivity contribution in [1.82, 2.24) is 4.90 Å². The maximum atomic E-state index is 12.4. The van der Waals surface area contributed by atoms with Crippen LogP contribution in [0.3, 0.4) is 0 Å². The Morgan fingerprint density at radius 2 is 2.00 bits per heavy atom. The molecule has 0 heterocycles. The Kier molecular flexibility index (Phi) is 8.04. The molecule has 7 heteroatoms. The normalized spacial score (nSPS) is 11.8. The summed E-state index contributed by atoms with van der Waals surface area (Å²) in [7, 11) is 0. The predicted molar refractivity (Wildman–Crippen MR) is 84.3 cm³/mol. The fourth-order valence-electron chi connectivity index (χ4n) is 2.06. The number of carbonyl (C=O) groups excluding carboxylic acids is 1. The largest absolute Gasteiger partial charge is 0.491 e. The fraction of sp³-hybridized carbons (Fsp3) is 0.500. The molecular formula is C16H23FN2O4. The van der Waals surface area contributed by atoms with E-state index in [1.807, 2.05) is 6.92 Å². The Hall–Kier alpha value is -2.15. The van der Waals surface area contributed by atoms with Gasteiger partial charge >= 0.3 is 5.97 Å². The number of aliphatic carboxylic acids is 1. The molecule has 1 rings (SSSR count). The highest BCUT2D eigenvalue weighted by molar-refractivity contribution is 5.94. The number of rotatable bonds is 10. The maximum absolute atomic E-state index is 12.4. The Bertz CT molecular complexity index is 507. The van der Waals surface area contributed by atoms with Gasteiger partial charge in [-0.2, -0.15) is 0 Å². The van der Waals surface area contributed by atoms with Crippen LogP contribution in [0.4, 0.5) is 4.39 Å². The first-order chi connectivity index (χ1) is 11.0. The van der Waals surface area contributed by atoms with Crippen LogP contribution in [-0.2, 0) is 4.79 Å². The molecule has 1 atom stereocenters. The molecule has 0 fully saturated rings. The first kappa shape index (κ1) is 18.9. The average molecular weight is 326 g/mol. The van der Waals surface area contributed by atoms with Crippen molar-refractivity contribution in [2.75, 3.05) is 26.4 Å². The van der Waals surface area contributed by atoms with Gasteiger partial charge in [0.1, 0.15) is 25.1 Å². The lowest BCUT2D eigenvalue weighted by Crippen LogP contribution is -2.34. The molecule has 0 aromatic heterocycles. The van der Waals surface area contributed by atoms with E-state index in [1.165, 1.54) is 0 Å². The molecule has 0 bridgehead atoms. The number of carboxylic acids is 1. The van der Waals surface area contributed by atoms with Crippen molar-refractivity contribution in [2.24, 2.45) is 5.73 Å². The van der Waals surface area contributed by atoms with Crippen LogP contribution in [0.5, 0.6) is 5.75 Å². The van der Waals surface area contributed by atoms with Gasteiger partial charge in [-0.05, 0) is 44.0 Å². The molecule has 3 N–H and O–H groups in total. The minimum atomic E-state index is -1.04. The number of carbonyl (C=O) groups is 2. The van der Waals surface area contributed by atoms with E-state index in [1.54, 1.807) is 29.2 Å². The molecule has 0 radical (unpaired) electrons. The van der Waals surface area contributed by atoms with Gasteiger partial charge in [0.2, 0.25) is 0 Å². The summed E-state index contributed by atoms with van der Waals surface area (Å²) in [6.45, 7) is 2.23. The molecule has 1 amide bonds. The number of hydrogen-bond donors (Lipinski definition) is 2. The second-order valence-electron chi connectivity index (χ2n) is 5.03. The summed E-state index contributed by atoms with van der Waals surface area (Å²) < 4.78 is 17.2. The van der Waals surface area contributed by atoms with Crippen molar-refractivity contribution < 1.29 is 23.8 Å². The number of halogens is 1. The van der Waals surface area contributed by atoms with E-state index in [9.17, 15) is 14.0 Å². The molecule has 128 valence electrons. The Balaban J connectivity index is 2.56. The topological polar surface area (TPSA) is 92.9 Å². The van der Waals surface area contributed by atoms with Crippen LogP contribution in [0, 0.1) is 0 Å². The summed E-state index contributed by atoms with van der Waals surface area (Å²) in [5, 5.41) is 8.74. The minimum absolute atomic E-state index is 0.0157. The fourth-order valence-corrected chi connectivity index (χ4v) is 2.06. The molecule has 0 spiro atoms. The Morgan fingerprint density at radius 1 is 1.35 bits per heavy atom. The van der Waals surface area contributed by atoms with Crippen LogP contribution in [0.25, 0.3) is 0 Å². The van der Waals surface area contributed by atoms with E-state index in [-0.39, 0.29) is 12.5 Å². The molecule has 1 aromatic carbocycles. The third kappa shape index (κ3) is 6.23. The molecule has 0 aliphatic carbocycles. The Labute approximate surface area is 135 Å². The van der Waals surface area contributed by atoms with Crippen molar-refractivity contribution in [1.29, 1.82) is 0 Å². The minimum Gasteiger partial charge on any atom is -0.491 e. The van der Waals surface area contributed by atoms with Crippen molar-refractivity contribution >= 4 is 11.9 Å². The van der Waals surface area contributed by atoms with Crippen LogP contribution < -0.4 is 10.5 Å². The molecule has 23 heavy (non-hydrogen) atoms. The van der Waals surface area contributed by atoms with E-state index >= 15 is 0 Å². The van der Waals surface area contributed by atoms with Crippen LogP contribution in [0.2, 0.25) is 0 Å². The van der Waals surface area contributed by atoms with Crippen molar-refractivity contribution in [3.8, 4) is 5.75 Å². The van der Waals surface area contributed by atoms with Gasteiger partial charge in [0.15, 0.2) is 0 Å². The van der Waals surface area contributed by atoms with Crippen LogP contribution in [-0.4, -0.2) is 54.3 Å². The number of nitrogens with two attached hydrogens (primary N) is 1. The average Bonchev–Trinajstić information content (AvgIpc) is 2.56. The third-order valence-corrected chi connectivity index (χ3v) is 3.38.